The van der Waals surface area contributed by atoms with Crippen molar-refractivity contribution in [2.24, 2.45) is 0 Å². The first-order valence-electron chi connectivity index (χ1n) is 5.40. The van der Waals surface area contributed by atoms with Crippen LogP contribution in [0.3, 0.4) is 0 Å². The maximum Gasteiger partial charge on any atom is 0.115 e. The highest BCUT2D eigenvalue weighted by Gasteiger charge is 2.08. The van der Waals surface area contributed by atoms with Crippen molar-refractivity contribution in [3.05, 3.63) is 59.7 Å². The van der Waals surface area contributed by atoms with Crippen LogP contribution < -0.4 is 0 Å². The molecule has 0 aliphatic rings. The van der Waals surface area contributed by atoms with Crippen LogP contribution in [0.1, 0.15) is 17.2 Å². The van der Waals surface area contributed by atoms with Crippen molar-refractivity contribution in [1.82, 2.24) is 0 Å². The summed E-state index contributed by atoms with van der Waals surface area (Å²) >= 11 is 0. The zero-order chi connectivity index (χ0) is 12.3. The predicted molar refractivity (Wildman–Crippen MR) is 64.9 cm³/mol. The molecule has 0 aliphatic carbocycles. The van der Waals surface area contributed by atoms with Crippen LogP contribution in [0.2, 0.25) is 0 Å². The summed E-state index contributed by atoms with van der Waals surface area (Å²) in [6.45, 7) is 0. The third-order valence-corrected chi connectivity index (χ3v) is 2.64. The molecule has 0 heterocycles. The first-order chi connectivity index (χ1) is 8.15. The van der Waals surface area contributed by atoms with Gasteiger partial charge >= 0.3 is 0 Å². The van der Waals surface area contributed by atoms with E-state index in [9.17, 15) is 5.11 Å². The number of phenolic OH excluding ortho intramolecular Hbond substituents is 2. The van der Waals surface area contributed by atoms with Crippen molar-refractivity contribution in [3.8, 4) is 11.5 Å². The van der Waals surface area contributed by atoms with Gasteiger partial charge in [0.15, 0.2) is 0 Å². The molecule has 2 aromatic rings. The van der Waals surface area contributed by atoms with Gasteiger partial charge in [0.1, 0.15) is 11.5 Å². The minimum absolute atomic E-state index is 0.186. The molecule has 17 heavy (non-hydrogen) atoms. The van der Waals surface area contributed by atoms with E-state index < -0.39 is 6.10 Å². The van der Waals surface area contributed by atoms with Crippen molar-refractivity contribution in [2.75, 3.05) is 0 Å². The van der Waals surface area contributed by atoms with E-state index in [0.717, 1.165) is 11.1 Å². The Morgan fingerprint density at radius 3 is 1.76 bits per heavy atom. The molecule has 2 aromatic carbocycles. The van der Waals surface area contributed by atoms with E-state index in [0.29, 0.717) is 6.42 Å². The molecule has 1 atom stereocenters. The molecule has 0 saturated carbocycles. The topological polar surface area (TPSA) is 60.7 Å². The van der Waals surface area contributed by atoms with Crippen LogP contribution in [-0.4, -0.2) is 15.3 Å². The van der Waals surface area contributed by atoms with E-state index in [-0.39, 0.29) is 11.5 Å². The molecule has 0 amide bonds. The number of phenols is 2. The average molecular weight is 230 g/mol. The van der Waals surface area contributed by atoms with E-state index in [1.165, 1.54) is 0 Å². The Labute approximate surface area is 99.6 Å². The molecule has 0 fully saturated rings. The zero-order valence-corrected chi connectivity index (χ0v) is 9.24. The largest absolute Gasteiger partial charge is 0.508 e. The fourth-order valence-electron chi connectivity index (χ4n) is 1.67. The van der Waals surface area contributed by atoms with Gasteiger partial charge in [-0.25, -0.2) is 0 Å². The Balaban J connectivity index is 2.08. The lowest BCUT2D eigenvalue weighted by atomic mass is 10.0. The quantitative estimate of drug-likeness (QED) is 0.758. The molecule has 0 aliphatic heterocycles. The van der Waals surface area contributed by atoms with Gasteiger partial charge in [0.05, 0.1) is 6.10 Å². The van der Waals surface area contributed by atoms with Gasteiger partial charge in [-0.05, 0) is 35.4 Å². The second-order valence-electron chi connectivity index (χ2n) is 3.98. The molecule has 0 spiro atoms. The van der Waals surface area contributed by atoms with E-state index >= 15 is 0 Å². The molecular formula is C14H14O3. The number of hydrogen-bond donors (Lipinski definition) is 3. The second-order valence-corrected chi connectivity index (χ2v) is 3.98. The van der Waals surface area contributed by atoms with Crippen LogP contribution >= 0.6 is 0 Å². The molecule has 3 heteroatoms. The molecular weight excluding hydrogens is 216 g/mol. The second kappa shape index (κ2) is 4.89. The van der Waals surface area contributed by atoms with Gasteiger partial charge in [-0.1, -0.05) is 24.3 Å². The zero-order valence-electron chi connectivity index (χ0n) is 9.24. The lowest BCUT2D eigenvalue weighted by Gasteiger charge is -2.11. The van der Waals surface area contributed by atoms with Crippen LogP contribution in [-0.2, 0) is 6.42 Å². The highest BCUT2D eigenvalue weighted by atomic mass is 16.3. The Hall–Kier alpha value is -2.00. The van der Waals surface area contributed by atoms with Gasteiger partial charge in [-0.2, -0.15) is 0 Å². The molecule has 3 N–H and O–H groups in total. The Bertz CT molecular complexity index is 474. The lowest BCUT2D eigenvalue weighted by molar-refractivity contribution is 0.178. The normalized spacial score (nSPS) is 12.3. The summed E-state index contributed by atoms with van der Waals surface area (Å²) < 4.78 is 0. The maximum absolute atomic E-state index is 9.99. The van der Waals surface area contributed by atoms with Crippen LogP contribution in [0.25, 0.3) is 0 Å². The van der Waals surface area contributed by atoms with E-state index in [2.05, 4.69) is 0 Å². The van der Waals surface area contributed by atoms with Crippen molar-refractivity contribution in [3.63, 3.8) is 0 Å². The highest BCUT2D eigenvalue weighted by Crippen LogP contribution is 2.21. The number of rotatable bonds is 3. The number of hydrogen-bond acceptors (Lipinski definition) is 3. The Morgan fingerprint density at radius 1 is 0.765 bits per heavy atom. The summed E-state index contributed by atoms with van der Waals surface area (Å²) in [5, 5.41) is 28.3. The highest BCUT2D eigenvalue weighted by molar-refractivity contribution is 5.30. The van der Waals surface area contributed by atoms with Gasteiger partial charge in [-0.3, -0.25) is 0 Å². The summed E-state index contributed by atoms with van der Waals surface area (Å²) in [6, 6.07) is 13.2. The minimum atomic E-state index is -0.611. The first kappa shape index (κ1) is 11.5. The van der Waals surface area contributed by atoms with Gasteiger partial charge in [0, 0.05) is 6.42 Å². The molecule has 2 rings (SSSR count). The predicted octanol–water partition coefficient (Wildman–Crippen LogP) is 2.37. The fourth-order valence-corrected chi connectivity index (χ4v) is 1.67. The van der Waals surface area contributed by atoms with Gasteiger partial charge in [0.25, 0.3) is 0 Å². The van der Waals surface area contributed by atoms with Crippen LogP contribution in [0.5, 0.6) is 11.5 Å². The molecule has 0 saturated heterocycles. The summed E-state index contributed by atoms with van der Waals surface area (Å²) in [5.74, 6) is 0.401. The molecule has 88 valence electrons. The standard InChI is InChI=1S/C14H14O3/c15-12-5-1-10(2-6-12)9-14(17)11-3-7-13(16)8-4-11/h1-8,14-17H,9H2. The van der Waals surface area contributed by atoms with Crippen LogP contribution in [0.4, 0.5) is 0 Å². The minimum Gasteiger partial charge on any atom is -0.508 e. The molecule has 3 nitrogen and oxygen atoms in total. The number of aliphatic hydroxyl groups excluding tert-OH is 1. The molecule has 0 radical (unpaired) electrons. The number of aliphatic hydroxyl groups is 1. The van der Waals surface area contributed by atoms with Crippen molar-refractivity contribution >= 4 is 0 Å². The molecule has 1 unspecified atom stereocenters. The van der Waals surface area contributed by atoms with Crippen molar-refractivity contribution in [1.29, 1.82) is 0 Å². The van der Waals surface area contributed by atoms with Crippen LogP contribution in [0.15, 0.2) is 48.5 Å². The van der Waals surface area contributed by atoms with Gasteiger partial charge < -0.3 is 15.3 Å². The average Bonchev–Trinajstić information content (AvgIpc) is 2.33. The van der Waals surface area contributed by atoms with E-state index in [1.54, 1.807) is 48.5 Å². The number of benzene rings is 2. The number of aromatic hydroxyl groups is 2. The lowest BCUT2D eigenvalue weighted by Crippen LogP contribution is -2.01. The monoisotopic (exact) mass is 230 g/mol. The third kappa shape index (κ3) is 2.98. The summed E-state index contributed by atoms with van der Waals surface area (Å²) in [7, 11) is 0. The van der Waals surface area contributed by atoms with Gasteiger partial charge in [-0.15, -0.1) is 0 Å². The summed E-state index contributed by atoms with van der Waals surface area (Å²) in [5.41, 5.74) is 1.71. The summed E-state index contributed by atoms with van der Waals surface area (Å²) in [4.78, 5) is 0. The van der Waals surface area contributed by atoms with Crippen molar-refractivity contribution in [2.45, 2.75) is 12.5 Å². The fraction of sp³-hybridized carbons (Fsp3) is 0.143. The summed E-state index contributed by atoms with van der Waals surface area (Å²) in [6.07, 6.45) is -0.134. The Kier molecular flexibility index (Phi) is 3.30. The maximum atomic E-state index is 9.99. The SMILES string of the molecule is Oc1ccc(CC(O)c2ccc(O)cc2)cc1. The van der Waals surface area contributed by atoms with E-state index in [4.69, 9.17) is 10.2 Å². The van der Waals surface area contributed by atoms with Gasteiger partial charge in [0.2, 0.25) is 0 Å². The molecule has 0 aromatic heterocycles. The van der Waals surface area contributed by atoms with E-state index in [1.807, 2.05) is 0 Å². The van der Waals surface area contributed by atoms with Crippen LogP contribution in [0, 0.1) is 0 Å². The first-order valence-corrected chi connectivity index (χ1v) is 5.40. The third-order valence-electron chi connectivity index (χ3n) is 2.64. The Morgan fingerprint density at radius 2 is 1.24 bits per heavy atom. The van der Waals surface area contributed by atoms with Crippen molar-refractivity contribution < 1.29 is 15.3 Å². The smallest absolute Gasteiger partial charge is 0.115 e. The molecule has 0 bridgehead atoms.